The highest BCUT2D eigenvalue weighted by molar-refractivity contribution is 6.04. The first kappa shape index (κ1) is 29.1. The SMILES string of the molecule is N#Cc1ccc(-c2cccc(-c3ccc4ccccc4c3-c3ccc(C4N=C(c5ccccc5)NC(c5ccccc5)N4)cc3)c2)cc1. The molecule has 0 spiro atoms. The molecule has 2 atom stereocenters. The van der Waals surface area contributed by atoms with E-state index in [1.165, 1.54) is 21.9 Å². The van der Waals surface area contributed by atoms with Crippen molar-refractivity contribution in [2.24, 2.45) is 4.99 Å². The number of nitriles is 1. The van der Waals surface area contributed by atoms with Crippen molar-refractivity contribution in [3.05, 3.63) is 192 Å². The first-order valence-corrected chi connectivity index (χ1v) is 16.2. The number of nitrogens with one attached hydrogen (secondary N) is 2. The smallest absolute Gasteiger partial charge is 0.131 e. The van der Waals surface area contributed by atoms with Crippen molar-refractivity contribution in [2.75, 3.05) is 0 Å². The third kappa shape index (κ3) is 5.76. The number of rotatable bonds is 6. The minimum atomic E-state index is -0.225. The van der Waals surface area contributed by atoms with Gasteiger partial charge in [0.15, 0.2) is 0 Å². The van der Waals surface area contributed by atoms with E-state index < -0.39 is 0 Å². The molecule has 7 aromatic rings. The second-order valence-electron chi connectivity index (χ2n) is 12.0. The maximum Gasteiger partial charge on any atom is 0.131 e. The molecule has 1 aliphatic rings. The Morgan fingerprint density at radius 1 is 0.521 bits per heavy atom. The molecule has 2 unspecified atom stereocenters. The molecule has 0 radical (unpaired) electrons. The highest BCUT2D eigenvalue weighted by Gasteiger charge is 2.25. The van der Waals surface area contributed by atoms with E-state index in [1.54, 1.807) is 0 Å². The van der Waals surface area contributed by atoms with Crippen molar-refractivity contribution in [1.29, 1.82) is 5.26 Å². The van der Waals surface area contributed by atoms with E-state index in [2.05, 4.69) is 138 Å². The van der Waals surface area contributed by atoms with E-state index in [-0.39, 0.29) is 12.3 Å². The van der Waals surface area contributed by atoms with Crippen LogP contribution in [0.1, 0.15) is 34.6 Å². The molecule has 0 saturated carbocycles. The summed E-state index contributed by atoms with van der Waals surface area (Å²) in [6, 6.07) is 61.3. The summed E-state index contributed by atoms with van der Waals surface area (Å²) in [5, 5.41) is 19.0. The molecule has 2 N–H and O–H groups in total. The van der Waals surface area contributed by atoms with Gasteiger partial charge in [0.05, 0.1) is 11.6 Å². The lowest BCUT2D eigenvalue weighted by Crippen LogP contribution is -2.44. The lowest BCUT2D eigenvalue weighted by Gasteiger charge is -2.32. The molecule has 0 aliphatic carbocycles. The van der Waals surface area contributed by atoms with Gasteiger partial charge >= 0.3 is 0 Å². The molecule has 1 heterocycles. The molecule has 0 fully saturated rings. The van der Waals surface area contributed by atoms with E-state index in [9.17, 15) is 5.26 Å². The van der Waals surface area contributed by atoms with Crippen LogP contribution in [-0.4, -0.2) is 5.84 Å². The summed E-state index contributed by atoms with van der Waals surface area (Å²) in [6.07, 6.45) is -0.312. The Hall–Kier alpha value is -6.28. The van der Waals surface area contributed by atoms with Crippen LogP contribution in [0.5, 0.6) is 0 Å². The molecule has 4 nitrogen and oxygen atoms in total. The summed E-state index contributed by atoms with van der Waals surface area (Å²) < 4.78 is 0. The fraction of sp³-hybridized carbons (Fsp3) is 0.0455. The zero-order valence-electron chi connectivity index (χ0n) is 26.2. The van der Waals surface area contributed by atoms with Crippen molar-refractivity contribution in [3.63, 3.8) is 0 Å². The summed E-state index contributed by atoms with van der Waals surface area (Å²) >= 11 is 0. The predicted octanol–water partition coefficient (Wildman–Crippen LogP) is 10.0. The van der Waals surface area contributed by atoms with Gasteiger partial charge in [-0.1, -0.05) is 152 Å². The molecule has 0 saturated heterocycles. The largest absolute Gasteiger partial charge is 0.350 e. The van der Waals surface area contributed by atoms with Gasteiger partial charge in [-0.25, -0.2) is 4.99 Å². The van der Waals surface area contributed by atoms with Crippen molar-refractivity contribution >= 4 is 16.6 Å². The Morgan fingerprint density at radius 2 is 1.19 bits per heavy atom. The van der Waals surface area contributed by atoms with Crippen molar-refractivity contribution < 1.29 is 0 Å². The average molecular weight is 617 g/mol. The fourth-order valence-corrected chi connectivity index (χ4v) is 6.55. The molecular weight excluding hydrogens is 585 g/mol. The standard InChI is InChI=1S/C44H32N4/c45-29-30-18-20-31(21-19-30)37-15-9-16-38(28-37)40-27-26-32-10-7-8-17-39(32)41(40)33-22-24-36(25-23-33)44-47-42(34-11-3-1-4-12-34)46-43(48-44)35-13-5-2-6-14-35/h1-28,42,44,47H,(H,46,48). The predicted molar refractivity (Wildman–Crippen MR) is 196 cm³/mol. The van der Waals surface area contributed by atoms with Crippen LogP contribution in [-0.2, 0) is 0 Å². The Bertz CT molecular complexity index is 2280. The fourth-order valence-electron chi connectivity index (χ4n) is 6.55. The molecule has 1 aliphatic heterocycles. The third-order valence-electron chi connectivity index (χ3n) is 9.01. The van der Waals surface area contributed by atoms with Gasteiger partial charge in [0.1, 0.15) is 18.2 Å². The number of hydrogen-bond donors (Lipinski definition) is 2. The Kier molecular flexibility index (Phi) is 7.80. The summed E-state index contributed by atoms with van der Waals surface area (Å²) in [6.45, 7) is 0. The lowest BCUT2D eigenvalue weighted by molar-refractivity contribution is 0.409. The number of nitrogens with zero attached hydrogens (tertiary/aromatic N) is 2. The van der Waals surface area contributed by atoms with Gasteiger partial charge in [0.25, 0.3) is 0 Å². The number of hydrogen-bond acceptors (Lipinski definition) is 4. The van der Waals surface area contributed by atoms with E-state index in [4.69, 9.17) is 4.99 Å². The number of benzene rings is 7. The zero-order valence-corrected chi connectivity index (χ0v) is 26.2. The molecule has 0 amide bonds. The van der Waals surface area contributed by atoms with Crippen molar-refractivity contribution in [2.45, 2.75) is 12.3 Å². The van der Waals surface area contributed by atoms with Crippen LogP contribution in [0.2, 0.25) is 0 Å². The van der Waals surface area contributed by atoms with Crippen LogP contribution in [0.25, 0.3) is 44.2 Å². The van der Waals surface area contributed by atoms with Crippen LogP contribution in [0, 0.1) is 11.3 Å². The molecule has 228 valence electrons. The monoisotopic (exact) mass is 616 g/mol. The normalized spacial score (nSPS) is 15.7. The van der Waals surface area contributed by atoms with E-state index in [1.807, 2.05) is 48.5 Å². The number of amidine groups is 1. The van der Waals surface area contributed by atoms with E-state index >= 15 is 0 Å². The highest BCUT2D eigenvalue weighted by atomic mass is 15.3. The van der Waals surface area contributed by atoms with Gasteiger partial charge in [-0.2, -0.15) is 5.26 Å². The second kappa shape index (κ2) is 12.8. The third-order valence-corrected chi connectivity index (χ3v) is 9.01. The van der Waals surface area contributed by atoms with Crippen molar-refractivity contribution in [1.82, 2.24) is 10.6 Å². The number of fused-ring (bicyclic) bond motifs is 1. The molecular formula is C44H32N4. The summed E-state index contributed by atoms with van der Waals surface area (Å²) in [7, 11) is 0. The minimum Gasteiger partial charge on any atom is -0.350 e. The van der Waals surface area contributed by atoms with Gasteiger partial charge < -0.3 is 5.32 Å². The summed E-state index contributed by atoms with van der Waals surface area (Å²) in [5.74, 6) is 0.871. The average Bonchev–Trinajstić information content (AvgIpc) is 3.18. The van der Waals surface area contributed by atoms with Gasteiger partial charge in [-0.3, -0.25) is 5.32 Å². The molecule has 7 aromatic carbocycles. The van der Waals surface area contributed by atoms with Gasteiger partial charge in [-0.15, -0.1) is 0 Å². The van der Waals surface area contributed by atoms with Crippen LogP contribution < -0.4 is 10.6 Å². The van der Waals surface area contributed by atoms with E-state index in [0.29, 0.717) is 5.56 Å². The van der Waals surface area contributed by atoms with E-state index in [0.717, 1.165) is 44.8 Å². The van der Waals surface area contributed by atoms with Gasteiger partial charge in [0.2, 0.25) is 0 Å². The quantitative estimate of drug-likeness (QED) is 0.195. The highest BCUT2D eigenvalue weighted by Crippen LogP contribution is 2.40. The number of aliphatic imine (C=N–C) groups is 1. The summed E-state index contributed by atoms with van der Waals surface area (Å²) in [4.78, 5) is 5.14. The topological polar surface area (TPSA) is 60.2 Å². The lowest BCUT2D eigenvalue weighted by atomic mass is 9.88. The van der Waals surface area contributed by atoms with Crippen LogP contribution in [0.3, 0.4) is 0 Å². The minimum absolute atomic E-state index is 0.0864. The Balaban J connectivity index is 1.19. The first-order chi connectivity index (χ1) is 23.7. The Morgan fingerprint density at radius 3 is 1.96 bits per heavy atom. The van der Waals surface area contributed by atoms with Crippen LogP contribution >= 0.6 is 0 Å². The van der Waals surface area contributed by atoms with Gasteiger partial charge in [-0.05, 0) is 73.5 Å². The Labute approximate surface area is 280 Å². The van der Waals surface area contributed by atoms with Crippen molar-refractivity contribution in [3.8, 4) is 39.4 Å². The molecule has 8 rings (SSSR count). The molecule has 4 heteroatoms. The summed E-state index contributed by atoms with van der Waals surface area (Å²) in [5.41, 5.74) is 10.8. The molecule has 48 heavy (non-hydrogen) atoms. The molecule has 0 aromatic heterocycles. The van der Waals surface area contributed by atoms with Crippen LogP contribution in [0.4, 0.5) is 0 Å². The van der Waals surface area contributed by atoms with Gasteiger partial charge in [0, 0.05) is 5.56 Å². The van der Waals surface area contributed by atoms with Crippen LogP contribution in [0.15, 0.2) is 175 Å². The maximum atomic E-state index is 9.26. The maximum absolute atomic E-state index is 9.26. The molecule has 0 bridgehead atoms. The second-order valence-corrected chi connectivity index (χ2v) is 12.0. The first-order valence-electron chi connectivity index (χ1n) is 16.2. The zero-order chi connectivity index (χ0) is 32.3.